The van der Waals surface area contributed by atoms with Gasteiger partial charge in [-0.1, -0.05) is 18.5 Å². The molecule has 0 bridgehead atoms. The molecule has 7 atom stereocenters. The SMILES string of the molecule is COC(=O)N1[C@H](C)C[C@H](NS(=O)(=O)C(F)F)[C@@H]1CO[C@H]1CC[C@@]2(c3ncc(Cl)cn3)C(C)C2C1. The summed E-state index contributed by atoms with van der Waals surface area (Å²) in [6, 6.07) is -2.08. The van der Waals surface area contributed by atoms with E-state index in [2.05, 4.69) is 21.6 Å². The maximum Gasteiger partial charge on any atom is 0.410 e. The van der Waals surface area contributed by atoms with Crippen LogP contribution in [0.25, 0.3) is 0 Å². The molecule has 0 aromatic carbocycles. The third kappa shape index (κ3) is 4.49. The van der Waals surface area contributed by atoms with E-state index in [0.29, 0.717) is 16.9 Å². The van der Waals surface area contributed by atoms with Gasteiger partial charge in [0.05, 0.1) is 30.9 Å². The quantitative estimate of drug-likeness (QED) is 0.586. The molecule has 1 aromatic rings. The summed E-state index contributed by atoms with van der Waals surface area (Å²) in [4.78, 5) is 22.6. The summed E-state index contributed by atoms with van der Waals surface area (Å²) in [5, 5.41) is 0.486. The first kappa shape index (κ1) is 25.5. The molecule has 1 aliphatic heterocycles. The van der Waals surface area contributed by atoms with Crippen LogP contribution in [-0.2, 0) is 24.9 Å². The number of ether oxygens (including phenoxy) is 2. The molecule has 1 aromatic heterocycles. The second-order valence-corrected chi connectivity index (χ2v) is 11.6. The van der Waals surface area contributed by atoms with Crippen molar-refractivity contribution in [2.45, 2.75) is 74.9 Å². The Labute approximate surface area is 202 Å². The molecule has 4 rings (SSSR count). The largest absolute Gasteiger partial charge is 0.453 e. The van der Waals surface area contributed by atoms with Gasteiger partial charge in [0.1, 0.15) is 5.82 Å². The van der Waals surface area contributed by atoms with Crippen molar-refractivity contribution in [2.75, 3.05) is 13.7 Å². The number of alkyl halides is 2. The molecule has 0 radical (unpaired) electrons. The van der Waals surface area contributed by atoms with Crippen molar-refractivity contribution >= 4 is 27.7 Å². The van der Waals surface area contributed by atoms with Crippen LogP contribution >= 0.6 is 11.6 Å². The van der Waals surface area contributed by atoms with E-state index in [9.17, 15) is 22.0 Å². The second-order valence-electron chi connectivity index (χ2n) is 9.45. The van der Waals surface area contributed by atoms with Gasteiger partial charge in [0.15, 0.2) is 0 Å². The zero-order valence-electron chi connectivity index (χ0n) is 19.2. The molecular formula is C21H29ClF2N4O5S. The van der Waals surface area contributed by atoms with Gasteiger partial charge < -0.3 is 9.47 Å². The Morgan fingerprint density at radius 2 is 2.00 bits per heavy atom. The highest BCUT2D eigenvalue weighted by molar-refractivity contribution is 7.89. The van der Waals surface area contributed by atoms with Crippen molar-refractivity contribution in [1.29, 1.82) is 0 Å². The number of fused-ring (bicyclic) bond motifs is 1. The molecule has 2 aliphatic carbocycles. The van der Waals surface area contributed by atoms with Crippen LogP contribution in [0.4, 0.5) is 13.6 Å². The number of amides is 1. The number of methoxy groups -OCH3 is 1. The molecule has 1 saturated heterocycles. The van der Waals surface area contributed by atoms with Crippen LogP contribution in [-0.4, -0.2) is 73.1 Å². The summed E-state index contributed by atoms with van der Waals surface area (Å²) in [6.45, 7) is 3.89. The Bertz CT molecular complexity index is 1020. The summed E-state index contributed by atoms with van der Waals surface area (Å²) in [5.74, 6) is -2.06. The molecule has 34 heavy (non-hydrogen) atoms. The molecule has 190 valence electrons. The number of halogens is 3. The van der Waals surface area contributed by atoms with E-state index >= 15 is 0 Å². The fraction of sp³-hybridized carbons (Fsp3) is 0.762. The number of nitrogens with one attached hydrogen (secondary N) is 1. The highest BCUT2D eigenvalue weighted by Crippen LogP contribution is 2.66. The topological polar surface area (TPSA) is 111 Å². The van der Waals surface area contributed by atoms with Gasteiger partial charge in [-0.15, -0.1) is 0 Å². The third-order valence-electron chi connectivity index (χ3n) is 7.73. The predicted octanol–water partition coefficient (Wildman–Crippen LogP) is 2.94. The van der Waals surface area contributed by atoms with Crippen LogP contribution in [0.2, 0.25) is 5.02 Å². The first-order valence-corrected chi connectivity index (χ1v) is 13.2. The molecule has 2 saturated carbocycles. The summed E-state index contributed by atoms with van der Waals surface area (Å²) >= 11 is 5.93. The first-order valence-electron chi connectivity index (χ1n) is 11.3. The Hall–Kier alpha value is -1.63. The van der Waals surface area contributed by atoms with Gasteiger partial charge in [-0.25, -0.2) is 27.9 Å². The molecule has 13 heteroatoms. The number of hydrogen-bond donors (Lipinski definition) is 1. The normalized spacial score (nSPS) is 35.3. The van der Waals surface area contributed by atoms with Crippen molar-refractivity contribution in [3.8, 4) is 0 Å². The van der Waals surface area contributed by atoms with Crippen LogP contribution in [0.15, 0.2) is 12.4 Å². The Morgan fingerprint density at radius 1 is 1.32 bits per heavy atom. The number of likely N-dealkylation sites (tertiary alicyclic amines) is 1. The van der Waals surface area contributed by atoms with E-state index in [-0.39, 0.29) is 24.5 Å². The maximum atomic E-state index is 13.0. The monoisotopic (exact) mass is 522 g/mol. The molecule has 0 spiro atoms. The highest BCUT2D eigenvalue weighted by atomic mass is 35.5. The molecule has 1 amide bonds. The molecule has 1 N–H and O–H groups in total. The molecule has 3 fully saturated rings. The average Bonchev–Trinajstić information content (AvgIpc) is 3.26. The number of aromatic nitrogens is 2. The van der Waals surface area contributed by atoms with E-state index in [0.717, 1.165) is 25.1 Å². The van der Waals surface area contributed by atoms with Crippen molar-refractivity contribution in [3.63, 3.8) is 0 Å². The maximum absolute atomic E-state index is 13.0. The zero-order chi connectivity index (χ0) is 24.8. The van der Waals surface area contributed by atoms with Crippen LogP contribution in [0.1, 0.15) is 45.4 Å². The lowest BCUT2D eigenvalue weighted by molar-refractivity contribution is -0.0104. The van der Waals surface area contributed by atoms with E-state index in [1.165, 1.54) is 12.0 Å². The zero-order valence-corrected chi connectivity index (χ0v) is 20.7. The average molecular weight is 523 g/mol. The number of hydrogen-bond acceptors (Lipinski definition) is 7. The number of rotatable bonds is 7. The van der Waals surface area contributed by atoms with Gasteiger partial charge >= 0.3 is 11.9 Å². The minimum Gasteiger partial charge on any atom is -0.453 e. The molecule has 9 nitrogen and oxygen atoms in total. The molecule has 2 unspecified atom stereocenters. The smallest absolute Gasteiger partial charge is 0.410 e. The third-order valence-corrected chi connectivity index (χ3v) is 9.03. The number of carbonyl (C=O) groups is 1. The van der Waals surface area contributed by atoms with Crippen LogP contribution in [0, 0.1) is 11.8 Å². The Balaban J connectivity index is 1.43. The molecule has 3 aliphatic rings. The molecule has 2 heterocycles. The Morgan fingerprint density at radius 3 is 2.59 bits per heavy atom. The summed E-state index contributed by atoms with van der Waals surface area (Å²) < 4.78 is 62.6. The van der Waals surface area contributed by atoms with Crippen LogP contribution in [0.3, 0.4) is 0 Å². The second kappa shape index (κ2) is 9.44. The first-order chi connectivity index (χ1) is 16.0. The van der Waals surface area contributed by atoms with E-state index < -0.39 is 40.0 Å². The van der Waals surface area contributed by atoms with Crippen LogP contribution in [0.5, 0.6) is 0 Å². The summed E-state index contributed by atoms with van der Waals surface area (Å²) in [6.07, 6.45) is 4.95. The van der Waals surface area contributed by atoms with Gasteiger partial charge in [0, 0.05) is 29.9 Å². The minimum atomic E-state index is -4.83. The van der Waals surface area contributed by atoms with Gasteiger partial charge in [-0.3, -0.25) is 4.90 Å². The number of nitrogens with zero attached hydrogens (tertiary/aromatic N) is 3. The van der Waals surface area contributed by atoms with Gasteiger partial charge in [0.2, 0.25) is 0 Å². The van der Waals surface area contributed by atoms with Crippen LogP contribution < -0.4 is 4.72 Å². The predicted molar refractivity (Wildman–Crippen MR) is 119 cm³/mol. The van der Waals surface area contributed by atoms with Gasteiger partial charge in [0.25, 0.3) is 10.0 Å². The lowest BCUT2D eigenvalue weighted by Crippen LogP contribution is -2.51. The summed E-state index contributed by atoms with van der Waals surface area (Å²) in [7, 11) is -3.61. The van der Waals surface area contributed by atoms with E-state index in [1.54, 1.807) is 19.3 Å². The Kier molecular flexibility index (Phi) is 7.07. The van der Waals surface area contributed by atoms with Crippen molar-refractivity contribution in [3.05, 3.63) is 23.2 Å². The van der Waals surface area contributed by atoms with Crippen molar-refractivity contribution in [2.24, 2.45) is 11.8 Å². The molecular weight excluding hydrogens is 494 g/mol. The van der Waals surface area contributed by atoms with E-state index in [4.69, 9.17) is 21.1 Å². The number of sulfonamides is 1. The highest BCUT2D eigenvalue weighted by Gasteiger charge is 2.66. The standard InChI is InChI=1S/C21H29ClF2N4O5S/c1-11-6-16(27-34(30,31)19(23)24)17(28(11)20(29)32-3)10-33-14-4-5-21(12(2)15(21)7-14)18-25-8-13(22)9-26-18/h8-9,11-12,14-17,19,27H,4-7,10H2,1-3H3/t11-,12?,14+,15?,16+,17+,21-/m1/s1. The van der Waals surface area contributed by atoms with Gasteiger partial charge in [-0.2, -0.15) is 8.78 Å². The van der Waals surface area contributed by atoms with Crippen molar-refractivity contribution < 1.29 is 31.5 Å². The minimum absolute atomic E-state index is 0.00603. The fourth-order valence-electron chi connectivity index (χ4n) is 5.94. The fourth-order valence-corrected chi connectivity index (χ4v) is 6.82. The lowest BCUT2D eigenvalue weighted by Gasteiger charge is -2.32. The van der Waals surface area contributed by atoms with Gasteiger partial charge in [-0.05, 0) is 44.4 Å². The summed E-state index contributed by atoms with van der Waals surface area (Å²) in [5.41, 5.74) is -0.0974. The lowest BCUT2D eigenvalue weighted by atomic mass is 9.85. The van der Waals surface area contributed by atoms with E-state index in [1.807, 2.05) is 0 Å². The van der Waals surface area contributed by atoms with Crippen molar-refractivity contribution in [1.82, 2.24) is 19.6 Å². The number of carbonyl (C=O) groups excluding carboxylic acids is 1.